The molecule has 1 aliphatic carbocycles. The van der Waals surface area contributed by atoms with Crippen LogP contribution in [0, 0.1) is 19.8 Å². The topological polar surface area (TPSA) is 63.2 Å². The predicted octanol–water partition coefficient (Wildman–Crippen LogP) is 1.89. The number of amides is 1. The minimum absolute atomic E-state index is 0.0572. The summed E-state index contributed by atoms with van der Waals surface area (Å²) in [6.07, 6.45) is 2.43. The summed E-state index contributed by atoms with van der Waals surface area (Å²) in [6, 6.07) is 6.31. The van der Waals surface area contributed by atoms with Crippen molar-refractivity contribution < 1.29 is 13.2 Å². The van der Waals surface area contributed by atoms with Crippen LogP contribution >= 0.6 is 0 Å². The number of nitrogens with one attached hydrogen (secondary N) is 1. The van der Waals surface area contributed by atoms with Gasteiger partial charge in [-0.25, -0.2) is 8.42 Å². The molecule has 2 fully saturated rings. The molecule has 2 aliphatic rings. The number of hydrogen-bond donors (Lipinski definition) is 1. The summed E-state index contributed by atoms with van der Waals surface area (Å²) in [6.45, 7) is 4.58. The summed E-state index contributed by atoms with van der Waals surface area (Å²) in [5, 5.41) is 3.00. The Bertz CT molecular complexity index is 684. The van der Waals surface area contributed by atoms with Gasteiger partial charge >= 0.3 is 0 Å². The molecule has 0 spiro atoms. The summed E-state index contributed by atoms with van der Waals surface area (Å²) < 4.78 is 23.0. The lowest BCUT2D eigenvalue weighted by Gasteiger charge is -2.18. The van der Waals surface area contributed by atoms with Crippen molar-refractivity contribution in [3.63, 3.8) is 0 Å². The van der Waals surface area contributed by atoms with Crippen LogP contribution < -0.4 is 5.32 Å². The number of hydrogen-bond acceptors (Lipinski definition) is 3. The first kappa shape index (κ1) is 15.5. The average Bonchev–Trinajstić information content (AvgIpc) is 3.15. The lowest BCUT2D eigenvalue weighted by molar-refractivity contribution is -0.123. The standard InChI is InChI=1S/C17H23NO3S/c1-12-7-13(2)9-15(8-12)17(4-5-17)16(19)18-10-14-3-6-22(20,21)11-14/h7-9,14H,3-6,10-11H2,1-2H3,(H,18,19). The van der Waals surface area contributed by atoms with Crippen molar-refractivity contribution in [3.8, 4) is 0 Å². The summed E-state index contributed by atoms with van der Waals surface area (Å²) in [4.78, 5) is 12.6. The highest BCUT2D eigenvalue weighted by atomic mass is 32.2. The number of sulfone groups is 1. The highest BCUT2D eigenvalue weighted by Gasteiger charge is 2.51. The molecule has 120 valence electrons. The van der Waals surface area contributed by atoms with Gasteiger partial charge in [-0.2, -0.15) is 0 Å². The number of carbonyl (C=O) groups is 1. The third kappa shape index (κ3) is 3.05. The molecule has 0 bridgehead atoms. The molecule has 1 atom stereocenters. The zero-order valence-electron chi connectivity index (χ0n) is 13.2. The van der Waals surface area contributed by atoms with Gasteiger partial charge in [-0.15, -0.1) is 0 Å². The van der Waals surface area contributed by atoms with Gasteiger partial charge < -0.3 is 5.32 Å². The molecule has 4 nitrogen and oxygen atoms in total. The smallest absolute Gasteiger partial charge is 0.230 e. The molecule has 1 saturated carbocycles. The highest BCUT2D eigenvalue weighted by molar-refractivity contribution is 7.91. The van der Waals surface area contributed by atoms with Crippen LogP contribution in [0.2, 0.25) is 0 Å². The van der Waals surface area contributed by atoms with Gasteiger partial charge in [0.2, 0.25) is 5.91 Å². The zero-order valence-corrected chi connectivity index (χ0v) is 14.0. The summed E-state index contributed by atoms with van der Waals surface area (Å²) in [7, 11) is -2.88. The second-order valence-corrected chi connectivity index (χ2v) is 9.17. The molecule has 1 saturated heterocycles. The maximum atomic E-state index is 12.6. The van der Waals surface area contributed by atoms with E-state index in [2.05, 4.69) is 23.5 Å². The van der Waals surface area contributed by atoms with Gasteiger partial charge in [0.1, 0.15) is 0 Å². The number of aryl methyl sites for hydroxylation is 2. The van der Waals surface area contributed by atoms with E-state index < -0.39 is 9.84 Å². The Morgan fingerprint density at radius 3 is 2.36 bits per heavy atom. The summed E-state index contributed by atoms with van der Waals surface area (Å²) in [5.74, 6) is 0.602. The third-order valence-corrected chi connectivity index (χ3v) is 6.67. The molecular weight excluding hydrogens is 298 g/mol. The molecule has 0 radical (unpaired) electrons. The lowest BCUT2D eigenvalue weighted by atomic mass is 9.92. The molecular formula is C17H23NO3S. The van der Waals surface area contributed by atoms with Gasteiger partial charge in [-0.3, -0.25) is 4.79 Å². The Balaban J connectivity index is 1.67. The van der Waals surface area contributed by atoms with E-state index in [1.54, 1.807) is 0 Å². The molecule has 1 amide bonds. The Hall–Kier alpha value is -1.36. The molecule has 5 heteroatoms. The zero-order chi connectivity index (χ0) is 16.0. The van der Waals surface area contributed by atoms with Crippen LogP contribution in [-0.2, 0) is 20.0 Å². The molecule has 3 rings (SSSR count). The van der Waals surface area contributed by atoms with Crippen molar-refractivity contribution >= 4 is 15.7 Å². The van der Waals surface area contributed by atoms with E-state index in [4.69, 9.17) is 0 Å². The Kier molecular flexibility index (Phi) is 3.79. The fourth-order valence-corrected chi connectivity index (χ4v) is 5.32. The van der Waals surface area contributed by atoms with Crippen molar-refractivity contribution in [3.05, 3.63) is 34.9 Å². The molecule has 1 aliphatic heterocycles. The van der Waals surface area contributed by atoms with Crippen molar-refractivity contribution in [2.45, 2.75) is 38.5 Å². The van der Waals surface area contributed by atoms with Crippen molar-refractivity contribution in [2.75, 3.05) is 18.1 Å². The fraction of sp³-hybridized carbons (Fsp3) is 0.588. The molecule has 0 aromatic heterocycles. The average molecular weight is 321 g/mol. The molecule has 22 heavy (non-hydrogen) atoms. The predicted molar refractivity (Wildman–Crippen MR) is 86.6 cm³/mol. The maximum Gasteiger partial charge on any atom is 0.230 e. The Morgan fingerprint density at radius 2 is 1.86 bits per heavy atom. The molecule has 1 unspecified atom stereocenters. The minimum atomic E-state index is -2.88. The molecule has 1 aromatic rings. The van der Waals surface area contributed by atoms with E-state index >= 15 is 0 Å². The first-order valence-corrected chi connectivity index (χ1v) is 9.70. The van der Waals surface area contributed by atoms with Gasteiger partial charge in [-0.05, 0) is 44.6 Å². The van der Waals surface area contributed by atoms with E-state index in [0.717, 1.165) is 18.4 Å². The van der Waals surface area contributed by atoms with E-state index in [-0.39, 0.29) is 28.7 Å². The van der Waals surface area contributed by atoms with Crippen molar-refractivity contribution in [1.29, 1.82) is 0 Å². The molecule has 1 aromatic carbocycles. The van der Waals surface area contributed by atoms with Crippen LogP contribution in [0.15, 0.2) is 18.2 Å². The maximum absolute atomic E-state index is 12.6. The van der Waals surface area contributed by atoms with Crippen LogP contribution in [0.5, 0.6) is 0 Å². The van der Waals surface area contributed by atoms with E-state index in [1.165, 1.54) is 11.1 Å². The highest BCUT2D eigenvalue weighted by Crippen LogP contribution is 2.48. The molecule has 1 heterocycles. The Morgan fingerprint density at radius 1 is 1.23 bits per heavy atom. The van der Waals surface area contributed by atoms with Crippen LogP contribution in [0.1, 0.15) is 36.0 Å². The van der Waals surface area contributed by atoms with E-state index in [1.807, 2.05) is 13.8 Å². The second kappa shape index (κ2) is 5.37. The third-order valence-electron chi connectivity index (χ3n) is 4.84. The van der Waals surface area contributed by atoms with Crippen molar-refractivity contribution in [1.82, 2.24) is 5.32 Å². The fourth-order valence-electron chi connectivity index (χ4n) is 3.46. The van der Waals surface area contributed by atoms with Crippen molar-refractivity contribution in [2.24, 2.45) is 5.92 Å². The normalized spacial score (nSPS) is 24.9. The van der Waals surface area contributed by atoms with E-state index in [9.17, 15) is 13.2 Å². The summed E-state index contributed by atoms with van der Waals surface area (Å²) >= 11 is 0. The van der Waals surface area contributed by atoms with Crippen LogP contribution in [0.25, 0.3) is 0 Å². The van der Waals surface area contributed by atoms with Crippen LogP contribution in [-0.4, -0.2) is 32.4 Å². The lowest BCUT2D eigenvalue weighted by Crippen LogP contribution is -2.38. The van der Waals surface area contributed by atoms with Crippen LogP contribution in [0.4, 0.5) is 0 Å². The number of rotatable bonds is 4. The molecule has 1 N–H and O–H groups in total. The van der Waals surface area contributed by atoms with Gasteiger partial charge in [0.25, 0.3) is 0 Å². The minimum Gasteiger partial charge on any atom is -0.355 e. The van der Waals surface area contributed by atoms with Gasteiger partial charge in [-0.1, -0.05) is 29.3 Å². The van der Waals surface area contributed by atoms with Gasteiger partial charge in [0.15, 0.2) is 9.84 Å². The van der Waals surface area contributed by atoms with E-state index in [0.29, 0.717) is 13.0 Å². The number of benzene rings is 1. The SMILES string of the molecule is Cc1cc(C)cc(C2(C(=O)NCC3CCS(=O)(=O)C3)CC2)c1. The number of carbonyl (C=O) groups excluding carboxylic acids is 1. The quantitative estimate of drug-likeness (QED) is 0.921. The largest absolute Gasteiger partial charge is 0.355 e. The monoisotopic (exact) mass is 321 g/mol. The summed E-state index contributed by atoms with van der Waals surface area (Å²) in [5.41, 5.74) is 3.07. The van der Waals surface area contributed by atoms with Gasteiger partial charge in [0.05, 0.1) is 16.9 Å². The first-order valence-electron chi connectivity index (χ1n) is 7.88. The first-order chi connectivity index (χ1) is 10.3. The van der Waals surface area contributed by atoms with Crippen LogP contribution in [0.3, 0.4) is 0 Å². The second-order valence-electron chi connectivity index (χ2n) is 6.94. The Labute approximate surface area is 132 Å². The van der Waals surface area contributed by atoms with Gasteiger partial charge in [0, 0.05) is 6.54 Å².